The number of ether oxygens (including phenoxy) is 2. The highest BCUT2D eigenvalue weighted by Crippen LogP contribution is 2.25. The summed E-state index contributed by atoms with van der Waals surface area (Å²) in [5, 5.41) is 11.5. The lowest BCUT2D eigenvalue weighted by Crippen LogP contribution is -2.19. The number of nitrogens with one attached hydrogen (secondary N) is 1. The highest BCUT2D eigenvalue weighted by molar-refractivity contribution is 5.95. The molecule has 2 N–H and O–H groups in total. The minimum atomic E-state index is -1.05. The summed E-state index contributed by atoms with van der Waals surface area (Å²) in [6, 6.07) is 4.23. The van der Waals surface area contributed by atoms with Crippen molar-refractivity contribution in [1.82, 2.24) is 0 Å². The molecule has 1 aromatic rings. The quantitative estimate of drug-likeness (QED) is 0.735. The number of carboxylic acids is 1. The van der Waals surface area contributed by atoms with Gasteiger partial charge in [0.25, 0.3) is 0 Å². The largest absolute Gasteiger partial charge is 0.495 e. The highest BCUT2D eigenvalue weighted by atomic mass is 16.5. The Morgan fingerprint density at radius 2 is 2.11 bits per heavy atom. The van der Waals surface area contributed by atoms with Gasteiger partial charge in [0, 0.05) is 6.61 Å². The zero-order chi connectivity index (χ0) is 14.3. The molecule has 1 amide bonds. The molecule has 0 bridgehead atoms. The van der Waals surface area contributed by atoms with E-state index in [1.807, 2.05) is 6.92 Å². The van der Waals surface area contributed by atoms with Crippen molar-refractivity contribution in [2.45, 2.75) is 13.3 Å². The number of aromatic carboxylic acids is 1. The Kier molecular flexibility index (Phi) is 5.81. The third kappa shape index (κ3) is 4.59. The zero-order valence-electron chi connectivity index (χ0n) is 10.9. The van der Waals surface area contributed by atoms with Crippen LogP contribution < -0.4 is 10.1 Å². The fraction of sp³-hybridized carbons (Fsp3) is 0.385. The van der Waals surface area contributed by atoms with Crippen molar-refractivity contribution in [2.75, 3.05) is 25.6 Å². The molecule has 0 aromatic heterocycles. The summed E-state index contributed by atoms with van der Waals surface area (Å²) in [6.45, 7) is 2.42. The molecule has 0 saturated heterocycles. The molecule has 0 radical (unpaired) electrons. The summed E-state index contributed by atoms with van der Waals surface area (Å²) >= 11 is 0. The van der Waals surface area contributed by atoms with Gasteiger partial charge in [-0.1, -0.05) is 6.92 Å². The Bertz CT molecular complexity index is 458. The average Bonchev–Trinajstić information content (AvgIpc) is 2.39. The predicted molar refractivity (Wildman–Crippen MR) is 69.7 cm³/mol. The number of carboxylic acid groups (broad SMARTS) is 1. The van der Waals surface area contributed by atoms with Gasteiger partial charge in [-0.05, 0) is 24.6 Å². The lowest BCUT2D eigenvalue weighted by atomic mass is 10.2. The second-order valence-electron chi connectivity index (χ2n) is 3.82. The average molecular weight is 267 g/mol. The number of rotatable bonds is 7. The van der Waals surface area contributed by atoms with E-state index >= 15 is 0 Å². The monoisotopic (exact) mass is 267 g/mol. The van der Waals surface area contributed by atoms with Gasteiger partial charge in [-0.15, -0.1) is 0 Å². The van der Waals surface area contributed by atoms with Gasteiger partial charge in [-0.25, -0.2) is 4.79 Å². The molecular formula is C13H17NO5. The number of carbonyl (C=O) groups is 2. The molecule has 0 fully saturated rings. The molecule has 1 aromatic carbocycles. The third-order valence-electron chi connectivity index (χ3n) is 2.30. The molecule has 1 rings (SSSR count). The Hall–Kier alpha value is -2.08. The normalized spacial score (nSPS) is 10.0. The summed E-state index contributed by atoms with van der Waals surface area (Å²) in [5.74, 6) is -1.07. The summed E-state index contributed by atoms with van der Waals surface area (Å²) in [5.41, 5.74) is 0.509. The first-order valence-electron chi connectivity index (χ1n) is 5.87. The molecule has 6 nitrogen and oxygen atoms in total. The van der Waals surface area contributed by atoms with E-state index < -0.39 is 5.97 Å². The first-order chi connectivity index (χ1) is 9.08. The molecule has 0 spiro atoms. The molecule has 6 heteroatoms. The number of anilines is 1. The maximum atomic E-state index is 11.6. The first kappa shape index (κ1) is 15.0. The summed E-state index contributed by atoms with van der Waals surface area (Å²) in [6.07, 6.45) is 0.837. The number of carbonyl (C=O) groups excluding carboxylic acids is 1. The number of methoxy groups -OCH3 is 1. The van der Waals surface area contributed by atoms with E-state index in [0.717, 1.165) is 6.42 Å². The van der Waals surface area contributed by atoms with Crippen LogP contribution in [-0.4, -0.2) is 37.3 Å². The predicted octanol–water partition coefficient (Wildman–Crippen LogP) is 1.76. The van der Waals surface area contributed by atoms with Crippen LogP contribution in [0, 0.1) is 0 Å². The van der Waals surface area contributed by atoms with E-state index in [2.05, 4.69) is 5.32 Å². The maximum absolute atomic E-state index is 11.6. The first-order valence-corrected chi connectivity index (χ1v) is 5.87. The fourth-order valence-electron chi connectivity index (χ4n) is 1.42. The highest BCUT2D eigenvalue weighted by Gasteiger charge is 2.11. The Labute approximate surface area is 111 Å². The van der Waals surface area contributed by atoms with Crippen LogP contribution in [-0.2, 0) is 9.53 Å². The zero-order valence-corrected chi connectivity index (χ0v) is 10.9. The number of hydrogen-bond acceptors (Lipinski definition) is 4. The molecular weight excluding hydrogens is 250 g/mol. The fourth-order valence-corrected chi connectivity index (χ4v) is 1.42. The maximum Gasteiger partial charge on any atom is 0.335 e. The standard InChI is InChI=1S/C13H17NO5/c1-3-6-19-8-12(15)14-10-5-4-9(13(16)17)7-11(10)18-2/h4-5,7H,3,6,8H2,1-2H3,(H,14,15)(H,16,17). The van der Waals surface area contributed by atoms with Crippen molar-refractivity contribution in [3.63, 3.8) is 0 Å². The van der Waals surface area contributed by atoms with Crippen molar-refractivity contribution in [3.05, 3.63) is 23.8 Å². The van der Waals surface area contributed by atoms with Crippen LogP contribution in [0.2, 0.25) is 0 Å². The van der Waals surface area contributed by atoms with Crippen molar-refractivity contribution in [2.24, 2.45) is 0 Å². The Balaban J connectivity index is 2.72. The molecule has 104 valence electrons. The van der Waals surface area contributed by atoms with Crippen molar-refractivity contribution >= 4 is 17.6 Å². The lowest BCUT2D eigenvalue weighted by molar-refractivity contribution is -0.120. The van der Waals surface area contributed by atoms with Gasteiger partial charge in [0.15, 0.2) is 0 Å². The van der Waals surface area contributed by atoms with Gasteiger partial charge in [-0.3, -0.25) is 4.79 Å². The van der Waals surface area contributed by atoms with E-state index in [0.29, 0.717) is 18.0 Å². The van der Waals surface area contributed by atoms with E-state index in [-0.39, 0.29) is 18.1 Å². The van der Waals surface area contributed by atoms with E-state index in [1.54, 1.807) is 0 Å². The van der Waals surface area contributed by atoms with Gasteiger partial charge in [0.05, 0.1) is 18.4 Å². The molecule has 0 heterocycles. The second kappa shape index (κ2) is 7.38. The van der Waals surface area contributed by atoms with Crippen molar-refractivity contribution in [1.29, 1.82) is 0 Å². The Morgan fingerprint density at radius 1 is 1.37 bits per heavy atom. The minimum absolute atomic E-state index is 0.0440. The van der Waals surface area contributed by atoms with Crippen LogP contribution in [0.15, 0.2) is 18.2 Å². The SMILES string of the molecule is CCCOCC(=O)Nc1ccc(C(=O)O)cc1OC. The van der Waals surface area contributed by atoms with Gasteiger partial charge < -0.3 is 19.9 Å². The van der Waals surface area contributed by atoms with E-state index in [4.69, 9.17) is 14.6 Å². The van der Waals surface area contributed by atoms with E-state index in [1.165, 1.54) is 25.3 Å². The van der Waals surface area contributed by atoms with Gasteiger partial charge >= 0.3 is 5.97 Å². The summed E-state index contributed by atoms with van der Waals surface area (Å²) in [4.78, 5) is 22.4. The smallest absolute Gasteiger partial charge is 0.335 e. The Morgan fingerprint density at radius 3 is 2.68 bits per heavy atom. The van der Waals surface area contributed by atoms with E-state index in [9.17, 15) is 9.59 Å². The van der Waals surface area contributed by atoms with Crippen molar-refractivity contribution < 1.29 is 24.2 Å². The topological polar surface area (TPSA) is 84.9 Å². The second-order valence-corrected chi connectivity index (χ2v) is 3.82. The number of hydrogen-bond donors (Lipinski definition) is 2. The summed E-state index contributed by atoms with van der Waals surface area (Å²) < 4.78 is 10.1. The minimum Gasteiger partial charge on any atom is -0.495 e. The van der Waals surface area contributed by atoms with Crippen LogP contribution in [0.3, 0.4) is 0 Å². The van der Waals surface area contributed by atoms with Crippen LogP contribution in [0.5, 0.6) is 5.75 Å². The molecule has 0 aliphatic carbocycles. The molecule has 0 aliphatic heterocycles. The molecule has 0 aliphatic rings. The van der Waals surface area contributed by atoms with Crippen molar-refractivity contribution in [3.8, 4) is 5.75 Å². The van der Waals surface area contributed by atoms with Crippen LogP contribution in [0.4, 0.5) is 5.69 Å². The molecule has 0 saturated carbocycles. The lowest BCUT2D eigenvalue weighted by Gasteiger charge is -2.11. The van der Waals surface area contributed by atoms with Gasteiger partial charge in [-0.2, -0.15) is 0 Å². The van der Waals surface area contributed by atoms with Crippen LogP contribution in [0.1, 0.15) is 23.7 Å². The molecule has 0 atom stereocenters. The van der Waals surface area contributed by atoms with Gasteiger partial charge in [0.1, 0.15) is 12.4 Å². The number of benzene rings is 1. The molecule has 19 heavy (non-hydrogen) atoms. The van der Waals surface area contributed by atoms with Crippen LogP contribution >= 0.6 is 0 Å². The summed E-state index contributed by atoms with van der Waals surface area (Å²) in [7, 11) is 1.41. The number of amides is 1. The molecule has 0 unspecified atom stereocenters. The third-order valence-corrected chi connectivity index (χ3v) is 2.30. The van der Waals surface area contributed by atoms with Gasteiger partial charge in [0.2, 0.25) is 5.91 Å². The van der Waals surface area contributed by atoms with Crippen LogP contribution in [0.25, 0.3) is 0 Å².